The molecule has 0 aliphatic heterocycles. The van der Waals surface area contributed by atoms with Crippen molar-refractivity contribution in [3.63, 3.8) is 0 Å². The molecule has 1 aromatic rings. The molecule has 0 saturated carbocycles. The highest BCUT2D eigenvalue weighted by Crippen LogP contribution is 2.01. The second-order valence-electron chi connectivity index (χ2n) is 2.86. The van der Waals surface area contributed by atoms with Gasteiger partial charge in [-0.2, -0.15) is 0 Å². The summed E-state index contributed by atoms with van der Waals surface area (Å²) in [7, 11) is 0. The summed E-state index contributed by atoms with van der Waals surface area (Å²) >= 11 is 5.12. The summed E-state index contributed by atoms with van der Waals surface area (Å²) in [4.78, 5) is 11.0. The number of halogens is 2. The summed E-state index contributed by atoms with van der Waals surface area (Å²) in [6.45, 7) is 0. The Morgan fingerprint density at radius 3 is 2.31 bits per heavy atom. The van der Waals surface area contributed by atoms with Gasteiger partial charge in [0.1, 0.15) is 32.5 Å². The Kier molecular flexibility index (Phi) is 9.45. The van der Waals surface area contributed by atoms with Gasteiger partial charge in [0, 0.05) is 0 Å². The van der Waals surface area contributed by atoms with Crippen molar-refractivity contribution < 1.29 is 7.71 Å². The van der Waals surface area contributed by atoms with Crippen LogP contribution in [0, 0.1) is 0 Å². The molecule has 0 fully saturated rings. The van der Waals surface area contributed by atoms with Crippen LogP contribution in [0.4, 0.5) is 0 Å². The van der Waals surface area contributed by atoms with E-state index in [0.29, 0.717) is 6.42 Å². The zero-order valence-corrected chi connectivity index (χ0v) is 11.6. The van der Waals surface area contributed by atoms with Crippen LogP contribution in [0.2, 0.25) is 0 Å². The van der Waals surface area contributed by atoms with E-state index in [1.54, 1.807) is 0 Å². The van der Waals surface area contributed by atoms with Gasteiger partial charge in [-0.25, -0.2) is 8.76 Å². The molecule has 1 amide bonds. The second kappa shape index (κ2) is 9.73. The molecule has 0 unspecified atom stereocenters. The van der Waals surface area contributed by atoms with Crippen molar-refractivity contribution in [2.45, 2.75) is 12.5 Å². The van der Waals surface area contributed by atoms with Gasteiger partial charge in [-0.1, -0.05) is 30.3 Å². The van der Waals surface area contributed by atoms with Crippen LogP contribution in [0.15, 0.2) is 30.3 Å². The van der Waals surface area contributed by atoms with Crippen molar-refractivity contribution in [2.24, 2.45) is 11.6 Å². The van der Waals surface area contributed by atoms with E-state index in [-0.39, 0.29) is 5.91 Å². The number of hydrazine groups is 1. The first-order valence-corrected chi connectivity index (χ1v) is 5.64. The van der Waals surface area contributed by atoms with Crippen molar-refractivity contribution in [1.82, 2.24) is 5.43 Å². The summed E-state index contributed by atoms with van der Waals surface area (Å²) in [5, 5.41) is 0. The number of hydrogen-bond donors (Lipinski definition) is 3. The van der Waals surface area contributed by atoms with E-state index in [0.717, 1.165) is 5.56 Å². The number of carbonyl (C=O) groups is 1. The second-order valence-corrected chi connectivity index (χ2v) is 4.38. The molecule has 0 radical (unpaired) electrons. The molecule has 16 heavy (non-hydrogen) atoms. The molecule has 0 spiro atoms. The van der Waals surface area contributed by atoms with E-state index < -0.39 is 6.04 Å². The lowest BCUT2D eigenvalue weighted by atomic mass is 10.1. The average molecular weight is 355 g/mol. The standard InChI is InChI=1S/C9H13N3O.Br2O/c10-8(9(13)12-11)6-7-4-2-1-3-5-7;1-3-2/h1-5,8H,6,10-11H2,(H,12,13);/t8-;/m0./s1. The molecule has 1 aromatic carbocycles. The maximum absolute atomic E-state index is 11.0. The van der Waals surface area contributed by atoms with Gasteiger partial charge in [0.25, 0.3) is 5.91 Å². The first-order valence-electron chi connectivity index (χ1n) is 4.35. The Morgan fingerprint density at radius 2 is 1.88 bits per heavy atom. The van der Waals surface area contributed by atoms with E-state index >= 15 is 0 Å². The molecule has 0 bridgehead atoms. The van der Waals surface area contributed by atoms with Gasteiger partial charge in [0.15, 0.2) is 0 Å². The highest BCUT2D eigenvalue weighted by molar-refractivity contribution is 9.18. The van der Waals surface area contributed by atoms with Crippen LogP contribution in [-0.4, -0.2) is 11.9 Å². The molecular formula is C9H13Br2N3O2. The highest BCUT2D eigenvalue weighted by atomic mass is 79.9. The lowest BCUT2D eigenvalue weighted by Crippen LogP contribution is -2.45. The van der Waals surface area contributed by atoms with Crippen LogP contribution < -0.4 is 17.0 Å². The average Bonchev–Trinajstić information content (AvgIpc) is 2.30. The zero-order chi connectivity index (χ0) is 12.4. The molecule has 90 valence electrons. The van der Waals surface area contributed by atoms with Gasteiger partial charge in [0.2, 0.25) is 0 Å². The number of nitrogens with two attached hydrogens (primary N) is 2. The van der Waals surface area contributed by atoms with Crippen LogP contribution in [0.25, 0.3) is 0 Å². The Bertz CT molecular complexity index is 298. The van der Waals surface area contributed by atoms with Crippen LogP contribution in [0.1, 0.15) is 5.56 Å². The monoisotopic (exact) mass is 353 g/mol. The maximum atomic E-state index is 11.0. The first-order chi connectivity index (χ1) is 7.65. The van der Waals surface area contributed by atoms with E-state index in [9.17, 15) is 4.79 Å². The highest BCUT2D eigenvalue weighted by Gasteiger charge is 2.11. The summed E-state index contributed by atoms with van der Waals surface area (Å²) in [6.07, 6.45) is 0.504. The number of nitrogens with one attached hydrogen (secondary N) is 1. The number of amides is 1. The Labute approximate surface area is 111 Å². The van der Waals surface area contributed by atoms with Gasteiger partial charge in [-0.15, -0.1) is 0 Å². The van der Waals surface area contributed by atoms with Gasteiger partial charge >= 0.3 is 0 Å². The molecule has 0 aromatic heterocycles. The van der Waals surface area contributed by atoms with Crippen LogP contribution in [0.3, 0.4) is 0 Å². The minimum Gasteiger partial charge on any atom is -0.320 e. The number of rotatable bonds is 3. The maximum Gasteiger partial charge on any atom is 0.251 e. The smallest absolute Gasteiger partial charge is 0.251 e. The van der Waals surface area contributed by atoms with Crippen LogP contribution >= 0.6 is 32.5 Å². The zero-order valence-electron chi connectivity index (χ0n) is 8.40. The molecule has 5 N–H and O–H groups in total. The minimum absolute atomic E-state index is 0.344. The molecule has 0 saturated heterocycles. The summed E-state index contributed by atoms with van der Waals surface area (Å²) < 4.78 is 3.88. The van der Waals surface area contributed by atoms with Crippen LogP contribution in [-0.2, 0) is 14.1 Å². The topological polar surface area (TPSA) is 90.4 Å². The molecule has 7 heteroatoms. The normalized spacial score (nSPS) is 11.0. The first kappa shape index (κ1) is 15.5. The SMILES string of the molecule is BrOBr.NNC(=O)[C@@H](N)Cc1ccccc1. The third-order valence-electron chi connectivity index (χ3n) is 1.78. The van der Waals surface area contributed by atoms with Crippen molar-refractivity contribution in [3.8, 4) is 0 Å². The van der Waals surface area contributed by atoms with Crippen molar-refractivity contribution in [2.75, 3.05) is 0 Å². The lowest BCUT2D eigenvalue weighted by Gasteiger charge is -2.08. The summed E-state index contributed by atoms with van der Waals surface area (Å²) in [5.41, 5.74) is 8.62. The fourth-order valence-corrected chi connectivity index (χ4v) is 1.07. The molecule has 1 atom stereocenters. The van der Waals surface area contributed by atoms with Crippen molar-refractivity contribution in [3.05, 3.63) is 35.9 Å². The molecule has 0 aliphatic carbocycles. The van der Waals surface area contributed by atoms with E-state index in [1.165, 1.54) is 0 Å². The Morgan fingerprint density at radius 1 is 1.38 bits per heavy atom. The van der Waals surface area contributed by atoms with E-state index in [1.807, 2.05) is 35.8 Å². The number of benzene rings is 1. The fraction of sp³-hybridized carbons (Fsp3) is 0.222. The number of hydrogen-bond acceptors (Lipinski definition) is 4. The largest absolute Gasteiger partial charge is 0.320 e. The summed E-state index contributed by atoms with van der Waals surface area (Å²) in [5.74, 6) is 4.60. The minimum atomic E-state index is -0.576. The predicted octanol–water partition coefficient (Wildman–Crippen LogP) is 1.17. The van der Waals surface area contributed by atoms with Gasteiger partial charge in [0.05, 0.1) is 6.04 Å². The Balaban J connectivity index is 0.000000673. The third-order valence-corrected chi connectivity index (χ3v) is 1.78. The predicted molar refractivity (Wildman–Crippen MR) is 69.4 cm³/mol. The molecule has 1 rings (SSSR count). The van der Waals surface area contributed by atoms with Crippen molar-refractivity contribution in [1.29, 1.82) is 0 Å². The van der Waals surface area contributed by atoms with Crippen molar-refractivity contribution >= 4 is 38.4 Å². The lowest BCUT2D eigenvalue weighted by molar-refractivity contribution is -0.122. The number of carbonyl (C=O) groups excluding carboxylic acids is 1. The molecular weight excluding hydrogens is 342 g/mol. The van der Waals surface area contributed by atoms with E-state index in [2.05, 4.69) is 35.4 Å². The molecule has 0 aliphatic rings. The van der Waals surface area contributed by atoms with E-state index in [4.69, 9.17) is 11.6 Å². The van der Waals surface area contributed by atoms with Crippen LogP contribution in [0.5, 0.6) is 0 Å². The third kappa shape index (κ3) is 6.91. The molecule has 0 heterocycles. The van der Waals surface area contributed by atoms with Gasteiger partial charge in [-0.05, 0) is 12.0 Å². The van der Waals surface area contributed by atoms with Gasteiger partial charge in [-0.3, -0.25) is 10.2 Å². The molecule has 5 nitrogen and oxygen atoms in total. The summed E-state index contributed by atoms with van der Waals surface area (Å²) in [6, 6.07) is 8.99. The quantitative estimate of drug-likeness (QED) is 0.431. The Hall–Kier alpha value is -0.470. The van der Waals surface area contributed by atoms with Gasteiger partial charge < -0.3 is 5.73 Å². The fourth-order valence-electron chi connectivity index (χ4n) is 1.07.